The molecule has 2 aliphatic rings. The summed E-state index contributed by atoms with van der Waals surface area (Å²) in [7, 11) is 2.17. The van der Waals surface area contributed by atoms with E-state index in [4.69, 9.17) is 9.84 Å². The Morgan fingerprint density at radius 2 is 1.83 bits per heavy atom. The number of carbonyl (C=O) groups is 1. The van der Waals surface area contributed by atoms with Gasteiger partial charge in [-0.1, -0.05) is 12.1 Å². The number of hydrogen-bond donors (Lipinski definition) is 1. The third-order valence-electron chi connectivity index (χ3n) is 5.31. The van der Waals surface area contributed by atoms with Crippen LogP contribution in [-0.4, -0.2) is 60.6 Å². The number of nitrogens with zero attached hydrogens (tertiary/aromatic N) is 2. The zero-order valence-electron chi connectivity index (χ0n) is 13.8. The Bertz CT molecular complexity index is 536. The van der Waals surface area contributed by atoms with Crippen molar-refractivity contribution in [1.29, 1.82) is 0 Å². The number of rotatable bonds is 4. The molecular formula is C18H26N2O3. The van der Waals surface area contributed by atoms with Gasteiger partial charge in [-0.2, -0.15) is 0 Å². The van der Waals surface area contributed by atoms with Gasteiger partial charge >= 0.3 is 0 Å². The summed E-state index contributed by atoms with van der Waals surface area (Å²) in [4.78, 5) is 16.7. The van der Waals surface area contributed by atoms with Crippen LogP contribution in [0.2, 0.25) is 0 Å². The monoisotopic (exact) mass is 318 g/mol. The third-order valence-corrected chi connectivity index (χ3v) is 5.31. The largest absolute Gasteiger partial charge is 0.484 e. The molecule has 0 aliphatic carbocycles. The fourth-order valence-corrected chi connectivity index (χ4v) is 3.58. The van der Waals surface area contributed by atoms with Crippen LogP contribution in [0.4, 0.5) is 0 Å². The number of hydrogen-bond acceptors (Lipinski definition) is 4. The van der Waals surface area contributed by atoms with E-state index >= 15 is 0 Å². The molecule has 0 atom stereocenters. The quantitative estimate of drug-likeness (QED) is 0.914. The molecule has 0 radical (unpaired) electrons. The molecule has 23 heavy (non-hydrogen) atoms. The maximum absolute atomic E-state index is 12.4. The lowest BCUT2D eigenvalue weighted by atomic mass is 9.78. The molecule has 1 amide bonds. The van der Waals surface area contributed by atoms with Gasteiger partial charge in [0.05, 0.1) is 6.61 Å². The molecule has 0 bridgehead atoms. The number of ether oxygens (including phenoxy) is 1. The smallest absolute Gasteiger partial charge is 0.260 e. The number of piperidine rings is 1. The van der Waals surface area contributed by atoms with E-state index in [1.165, 1.54) is 12.8 Å². The second kappa shape index (κ2) is 6.89. The second-order valence-electron chi connectivity index (χ2n) is 6.96. The summed E-state index contributed by atoms with van der Waals surface area (Å²) >= 11 is 0. The van der Waals surface area contributed by atoms with Gasteiger partial charge in [0, 0.05) is 13.1 Å². The molecule has 2 aliphatic heterocycles. The van der Waals surface area contributed by atoms with Crippen molar-refractivity contribution in [2.75, 3.05) is 39.8 Å². The highest BCUT2D eigenvalue weighted by molar-refractivity contribution is 5.78. The zero-order valence-corrected chi connectivity index (χ0v) is 13.8. The Kier molecular flexibility index (Phi) is 4.87. The van der Waals surface area contributed by atoms with Gasteiger partial charge in [0.1, 0.15) is 5.75 Å². The molecule has 3 rings (SSSR count). The molecule has 5 nitrogen and oxygen atoms in total. The number of benzene rings is 1. The van der Waals surface area contributed by atoms with E-state index in [2.05, 4.69) is 11.9 Å². The van der Waals surface area contributed by atoms with Gasteiger partial charge in [0.25, 0.3) is 5.91 Å². The lowest BCUT2D eigenvalue weighted by Gasteiger charge is -2.37. The van der Waals surface area contributed by atoms with Crippen molar-refractivity contribution in [3.8, 4) is 5.75 Å². The van der Waals surface area contributed by atoms with Crippen LogP contribution >= 0.6 is 0 Å². The van der Waals surface area contributed by atoms with E-state index in [9.17, 15) is 4.79 Å². The van der Waals surface area contributed by atoms with Crippen molar-refractivity contribution < 1.29 is 14.6 Å². The first-order valence-electron chi connectivity index (χ1n) is 8.39. The molecule has 2 heterocycles. The van der Waals surface area contributed by atoms with Crippen molar-refractivity contribution in [2.45, 2.75) is 25.9 Å². The summed E-state index contributed by atoms with van der Waals surface area (Å²) in [5, 5.41) is 9.02. The summed E-state index contributed by atoms with van der Waals surface area (Å²) in [5.41, 5.74) is 1.18. The van der Waals surface area contributed by atoms with Crippen molar-refractivity contribution >= 4 is 5.91 Å². The lowest BCUT2D eigenvalue weighted by molar-refractivity contribution is -0.132. The van der Waals surface area contributed by atoms with Crippen molar-refractivity contribution in [3.63, 3.8) is 0 Å². The van der Waals surface area contributed by atoms with Gasteiger partial charge in [-0.05, 0) is 62.5 Å². The van der Waals surface area contributed by atoms with Crippen LogP contribution in [0.25, 0.3) is 0 Å². The van der Waals surface area contributed by atoms with Gasteiger partial charge in [-0.3, -0.25) is 4.79 Å². The molecule has 1 spiro atoms. The fourth-order valence-electron chi connectivity index (χ4n) is 3.58. The number of carbonyl (C=O) groups excluding carboxylic acids is 1. The number of aliphatic hydroxyl groups is 1. The summed E-state index contributed by atoms with van der Waals surface area (Å²) < 4.78 is 5.59. The number of aliphatic hydroxyl groups excluding tert-OH is 1. The zero-order chi connectivity index (χ0) is 16.3. The molecule has 5 heteroatoms. The van der Waals surface area contributed by atoms with Crippen LogP contribution in [0.15, 0.2) is 24.3 Å². The molecule has 2 saturated heterocycles. The van der Waals surface area contributed by atoms with Crippen LogP contribution in [0.5, 0.6) is 5.75 Å². The molecule has 1 aromatic carbocycles. The summed E-state index contributed by atoms with van der Waals surface area (Å²) in [6, 6.07) is 7.20. The van der Waals surface area contributed by atoms with E-state index < -0.39 is 0 Å². The van der Waals surface area contributed by atoms with E-state index in [1.807, 2.05) is 17.0 Å². The number of amides is 1. The first-order chi connectivity index (χ1) is 11.1. The molecule has 0 saturated carbocycles. The minimum absolute atomic E-state index is 0.0181. The molecule has 1 N–H and O–H groups in total. The fraction of sp³-hybridized carbons (Fsp3) is 0.611. The first kappa shape index (κ1) is 16.3. The molecule has 1 aromatic rings. The minimum atomic E-state index is 0.0181. The number of likely N-dealkylation sites (tertiary alicyclic amines) is 2. The standard InChI is InChI=1S/C18H26N2O3/c1-19-9-6-18(7-10-19)8-11-20(14-18)17(22)13-23-16-4-2-15(12-21)3-5-16/h2-5,21H,6-14H2,1H3. The second-order valence-corrected chi connectivity index (χ2v) is 6.96. The normalized spacial score (nSPS) is 20.9. The topological polar surface area (TPSA) is 53.0 Å². The average molecular weight is 318 g/mol. The highest BCUT2D eigenvalue weighted by Crippen LogP contribution is 2.40. The average Bonchev–Trinajstić information content (AvgIpc) is 3.00. The minimum Gasteiger partial charge on any atom is -0.484 e. The SMILES string of the molecule is CN1CCC2(CC1)CCN(C(=O)COc1ccc(CO)cc1)C2. The van der Waals surface area contributed by atoms with Crippen molar-refractivity contribution in [1.82, 2.24) is 9.80 Å². The first-order valence-corrected chi connectivity index (χ1v) is 8.39. The van der Waals surface area contributed by atoms with Crippen LogP contribution in [0.1, 0.15) is 24.8 Å². The van der Waals surface area contributed by atoms with Gasteiger partial charge in [0.2, 0.25) is 0 Å². The van der Waals surface area contributed by atoms with Gasteiger partial charge in [-0.25, -0.2) is 0 Å². The van der Waals surface area contributed by atoms with E-state index in [0.717, 1.165) is 38.2 Å². The van der Waals surface area contributed by atoms with E-state index in [0.29, 0.717) is 11.2 Å². The Morgan fingerprint density at radius 1 is 1.17 bits per heavy atom. The Labute approximate surface area is 137 Å². The van der Waals surface area contributed by atoms with Crippen LogP contribution < -0.4 is 4.74 Å². The maximum atomic E-state index is 12.4. The maximum Gasteiger partial charge on any atom is 0.260 e. The van der Waals surface area contributed by atoms with Crippen LogP contribution in [-0.2, 0) is 11.4 Å². The molecule has 2 fully saturated rings. The Balaban J connectivity index is 1.49. The summed E-state index contributed by atoms with van der Waals surface area (Å²) in [6.45, 7) is 4.12. The van der Waals surface area contributed by atoms with Gasteiger partial charge in [0.15, 0.2) is 6.61 Å². The Hall–Kier alpha value is -1.59. The predicted molar refractivity (Wildman–Crippen MR) is 88.2 cm³/mol. The van der Waals surface area contributed by atoms with Crippen LogP contribution in [0, 0.1) is 5.41 Å². The van der Waals surface area contributed by atoms with E-state index in [1.54, 1.807) is 12.1 Å². The molecule has 0 unspecified atom stereocenters. The third kappa shape index (κ3) is 3.85. The highest BCUT2D eigenvalue weighted by Gasteiger charge is 2.41. The molecule has 126 valence electrons. The van der Waals surface area contributed by atoms with Crippen molar-refractivity contribution in [3.05, 3.63) is 29.8 Å². The van der Waals surface area contributed by atoms with E-state index in [-0.39, 0.29) is 19.1 Å². The predicted octanol–water partition coefficient (Wildman–Crippen LogP) is 1.50. The molecule has 0 aromatic heterocycles. The summed E-state index contributed by atoms with van der Waals surface area (Å²) in [5.74, 6) is 0.746. The lowest BCUT2D eigenvalue weighted by Crippen LogP contribution is -2.41. The summed E-state index contributed by atoms with van der Waals surface area (Å²) in [6.07, 6.45) is 3.51. The Morgan fingerprint density at radius 3 is 2.48 bits per heavy atom. The molecular weight excluding hydrogens is 292 g/mol. The van der Waals surface area contributed by atoms with Crippen molar-refractivity contribution in [2.24, 2.45) is 5.41 Å². The van der Waals surface area contributed by atoms with Crippen LogP contribution in [0.3, 0.4) is 0 Å². The van der Waals surface area contributed by atoms with Gasteiger partial charge in [-0.15, -0.1) is 0 Å². The highest BCUT2D eigenvalue weighted by atomic mass is 16.5. The van der Waals surface area contributed by atoms with Gasteiger partial charge < -0.3 is 19.6 Å².